The fraction of sp³-hybridized carbons (Fsp3) is 0.448. The first-order chi connectivity index (χ1) is 15.5. The predicted molar refractivity (Wildman–Crippen MR) is 124 cm³/mol. The summed E-state index contributed by atoms with van der Waals surface area (Å²) in [4.78, 5) is 0. The monoisotopic (exact) mass is 436 g/mol. The Hall–Kier alpha value is -2.47. The highest BCUT2D eigenvalue weighted by Crippen LogP contribution is 2.48. The van der Waals surface area contributed by atoms with E-state index in [-0.39, 0.29) is 16.7 Å². The molecule has 2 aliphatic rings. The van der Waals surface area contributed by atoms with Crippen molar-refractivity contribution in [2.45, 2.75) is 64.2 Å². The molecule has 0 amide bonds. The average molecular weight is 437 g/mol. The van der Waals surface area contributed by atoms with Gasteiger partial charge in [-0.2, -0.15) is 0 Å². The molecule has 168 valence electrons. The predicted octanol–water partition coefficient (Wildman–Crippen LogP) is 8.08. The number of allylic oxidation sites excluding steroid dienone is 1. The third-order valence-electron chi connectivity index (χ3n) is 7.57. The largest absolute Gasteiger partial charge is 0.206 e. The Morgan fingerprint density at radius 3 is 2.41 bits per heavy atom. The van der Waals surface area contributed by atoms with Gasteiger partial charge < -0.3 is 0 Å². The van der Waals surface area contributed by atoms with Crippen molar-refractivity contribution in [2.75, 3.05) is 0 Å². The van der Waals surface area contributed by atoms with Gasteiger partial charge in [0.2, 0.25) is 0 Å². The maximum atomic E-state index is 14.8. The van der Waals surface area contributed by atoms with Crippen LogP contribution in [-0.4, -0.2) is 0 Å². The first-order valence-corrected chi connectivity index (χ1v) is 11.8. The summed E-state index contributed by atoms with van der Waals surface area (Å²) in [5.41, 5.74) is 1.42. The number of halogens is 3. The number of rotatable bonds is 4. The Morgan fingerprint density at radius 1 is 0.906 bits per heavy atom. The zero-order valence-corrected chi connectivity index (χ0v) is 18.8. The Labute approximate surface area is 189 Å². The van der Waals surface area contributed by atoms with Crippen LogP contribution in [0.25, 0.3) is 0 Å². The molecular formula is C29H31F3. The zero-order valence-electron chi connectivity index (χ0n) is 18.8. The topological polar surface area (TPSA) is 0 Å². The molecule has 2 aromatic carbocycles. The van der Waals surface area contributed by atoms with E-state index in [1.807, 2.05) is 12.1 Å². The summed E-state index contributed by atoms with van der Waals surface area (Å²) < 4.78 is 42.5. The van der Waals surface area contributed by atoms with Crippen LogP contribution in [0.3, 0.4) is 0 Å². The summed E-state index contributed by atoms with van der Waals surface area (Å²) in [5.74, 6) is 5.77. The van der Waals surface area contributed by atoms with Crippen LogP contribution in [-0.2, 0) is 0 Å². The van der Waals surface area contributed by atoms with Crippen LogP contribution in [0.2, 0.25) is 0 Å². The van der Waals surface area contributed by atoms with Crippen molar-refractivity contribution < 1.29 is 13.2 Å². The minimum absolute atomic E-state index is 0.0569. The van der Waals surface area contributed by atoms with E-state index in [0.29, 0.717) is 5.92 Å². The van der Waals surface area contributed by atoms with Gasteiger partial charge in [-0.25, -0.2) is 13.2 Å². The smallest absolute Gasteiger partial charge is 0.174 e. The minimum Gasteiger partial charge on any atom is -0.206 e. The molecule has 3 heteroatoms. The molecule has 2 aliphatic carbocycles. The SMILES string of the molecule is C=CCCC1CCC2CC(c3ccc(C#Cc4ccc(C)c(F)c4F)c(F)c3)CCC2C1. The van der Waals surface area contributed by atoms with Gasteiger partial charge in [0.25, 0.3) is 0 Å². The summed E-state index contributed by atoms with van der Waals surface area (Å²) in [6.07, 6.45) is 11.8. The third kappa shape index (κ3) is 4.96. The fourth-order valence-corrected chi connectivity index (χ4v) is 5.67. The highest BCUT2D eigenvalue weighted by molar-refractivity contribution is 5.46. The maximum absolute atomic E-state index is 14.8. The molecule has 0 saturated heterocycles. The quantitative estimate of drug-likeness (QED) is 0.336. The molecule has 0 N–H and O–H groups in total. The summed E-state index contributed by atoms with van der Waals surface area (Å²) in [6, 6.07) is 8.14. The average Bonchev–Trinajstić information content (AvgIpc) is 2.81. The van der Waals surface area contributed by atoms with Gasteiger partial charge >= 0.3 is 0 Å². The normalized spacial score (nSPS) is 24.9. The van der Waals surface area contributed by atoms with Crippen molar-refractivity contribution in [1.29, 1.82) is 0 Å². The van der Waals surface area contributed by atoms with E-state index >= 15 is 0 Å². The molecule has 0 radical (unpaired) electrons. The Bertz CT molecular complexity index is 1040. The van der Waals surface area contributed by atoms with Gasteiger partial charge in [-0.1, -0.05) is 36.5 Å². The lowest BCUT2D eigenvalue weighted by molar-refractivity contribution is 0.115. The van der Waals surface area contributed by atoms with E-state index < -0.39 is 17.5 Å². The number of benzene rings is 2. The number of aryl methyl sites for hydroxylation is 1. The molecule has 4 rings (SSSR count). The summed E-state index contributed by atoms with van der Waals surface area (Å²) in [5, 5.41) is 0. The second kappa shape index (κ2) is 9.99. The third-order valence-corrected chi connectivity index (χ3v) is 7.57. The zero-order chi connectivity index (χ0) is 22.7. The molecule has 0 bridgehead atoms. The Kier molecular flexibility index (Phi) is 7.09. The van der Waals surface area contributed by atoms with Crippen LogP contribution in [0.5, 0.6) is 0 Å². The molecule has 0 heterocycles. The van der Waals surface area contributed by atoms with Crippen molar-refractivity contribution >= 4 is 0 Å². The number of fused-ring (bicyclic) bond motifs is 1. The van der Waals surface area contributed by atoms with Crippen molar-refractivity contribution in [2.24, 2.45) is 17.8 Å². The summed E-state index contributed by atoms with van der Waals surface area (Å²) in [6.45, 7) is 5.35. The highest BCUT2D eigenvalue weighted by Gasteiger charge is 2.35. The summed E-state index contributed by atoms with van der Waals surface area (Å²) in [7, 11) is 0. The molecule has 32 heavy (non-hydrogen) atoms. The fourth-order valence-electron chi connectivity index (χ4n) is 5.67. The first kappa shape index (κ1) is 22.7. The molecule has 4 atom stereocenters. The second-order valence-corrected chi connectivity index (χ2v) is 9.62. The van der Waals surface area contributed by atoms with Gasteiger partial charge in [0.15, 0.2) is 11.6 Å². The van der Waals surface area contributed by atoms with Crippen LogP contribution in [0.15, 0.2) is 43.0 Å². The van der Waals surface area contributed by atoms with Gasteiger partial charge in [0.05, 0.1) is 11.1 Å². The lowest BCUT2D eigenvalue weighted by atomic mass is 9.63. The molecule has 2 saturated carbocycles. The Balaban J connectivity index is 1.43. The van der Waals surface area contributed by atoms with E-state index in [1.54, 1.807) is 12.1 Å². The second-order valence-electron chi connectivity index (χ2n) is 9.62. The number of hydrogen-bond acceptors (Lipinski definition) is 0. The molecule has 0 nitrogen and oxygen atoms in total. The van der Waals surface area contributed by atoms with Crippen LogP contribution in [0, 0.1) is 54.0 Å². The number of hydrogen-bond donors (Lipinski definition) is 0. The standard InChI is InChI=1S/C29H31F3/c1-3-4-5-20-7-9-24-17-25(15-14-23(24)16-20)26-13-11-21(27(30)18-26)10-12-22-8-6-19(2)28(31)29(22)32/h3,6,8,11,13,18,20,23-25H,1,4-5,7,9,14-17H2,2H3. The van der Waals surface area contributed by atoms with Crippen molar-refractivity contribution in [3.63, 3.8) is 0 Å². The highest BCUT2D eigenvalue weighted by atomic mass is 19.2. The van der Waals surface area contributed by atoms with Crippen LogP contribution < -0.4 is 0 Å². The minimum atomic E-state index is -0.981. The van der Waals surface area contributed by atoms with E-state index in [1.165, 1.54) is 51.2 Å². The summed E-state index contributed by atoms with van der Waals surface area (Å²) >= 11 is 0. The molecular weight excluding hydrogens is 405 g/mol. The van der Waals surface area contributed by atoms with E-state index in [2.05, 4.69) is 18.4 Å². The van der Waals surface area contributed by atoms with Crippen molar-refractivity contribution in [3.05, 3.63) is 82.7 Å². The van der Waals surface area contributed by atoms with Gasteiger partial charge in [0.1, 0.15) is 5.82 Å². The molecule has 0 spiro atoms. The van der Waals surface area contributed by atoms with Crippen molar-refractivity contribution in [1.82, 2.24) is 0 Å². The van der Waals surface area contributed by atoms with Crippen LogP contribution in [0.4, 0.5) is 13.2 Å². The molecule has 2 aromatic rings. The van der Waals surface area contributed by atoms with Crippen LogP contribution in [0.1, 0.15) is 79.5 Å². The van der Waals surface area contributed by atoms with Gasteiger partial charge in [0, 0.05) is 0 Å². The maximum Gasteiger partial charge on any atom is 0.174 e. The van der Waals surface area contributed by atoms with E-state index in [0.717, 1.165) is 42.6 Å². The van der Waals surface area contributed by atoms with Gasteiger partial charge in [-0.15, -0.1) is 6.58 Å². The van der Waals surface area contributed by atoms with Crippen molar-refractivity contribution in [3.8, 4) is 11.8 Å². The molecule has 0 aromatic heterocycles. The Morgan fingerprint density at radius 2 is 1.62 bits per heavy atom. The van der Waals surface area contributed by atoms with E-state index in [4.69, 9.17) is 0 Å². The van der Waals surface area contributed by atoms with Crippen LogP contribution >= 0.6 is 0 Å². The lowest BCUT2D eigenvalue weighted by Crippen LogP contribution is -2.30. The lowest BCUT2D eigenvalue weighted by Gasteiger charge is -2.42. The van der Waals surface area contributed by atoms with Gasteiger partial charge in [-0.05, 0) is 105 Å². The van der Waals surface area contributed by atoms with E-state index in [9.17, 15) is 13.2 Å². The van der Waals surface area contributed by atoms with Gasteiger partial charge in [-0.3, -0.25) is 0 Å². The molecule has 0 aliphatic heterocycles. The molecule has 4 unspecified atom stereocenters. The first-order valence-electron chi connectivity index (χ1n) is 11.8. The molecule has 2 fully saturated rings.